The third-order valence-electron chi connectivity index (χ3n) is 3.13. The zero-order chi connectivity index (χ0) is 14.7. The topological polar surface area (TPSA) is 26.3 Å². The van der Waals surface area contributed by atoms with E-state index in [1.165, 1.54) is 0 Å². The van der Waals surface area contributed by atoms with Gasteiger partial charge in [0.25, 0.3) is 0 Å². The molecule has 2 aromatic rings. The Bertz CT molecular complexity index is 647. The highest BCUT2D eigenvalue weighted by Crippen LogP contribution is 2.25. The van der Waals surface area contributed by atoms with Crippen LogP contribution >= 0.6 is 11.6 Å². The summed E-state index contributed by atoms with van der Waals surface area (Å²) in [6.45, 7) is 5.88. The van der Waals surface area contributed by atoms with Gasteiger partial charge in [0.15, 0.2) is 12.4 Å². The van der Waals surface area contributed by atoms with Gasteiger partial charge in [0.2, 0.25) is 0 Å². The molecule has 2 nitrogen and oxygen atoms in total. The summed E-state index contributed by atoms with van der Waals surface area (Å²) in [5.41, 5.74) is 3.86. The second-order valence-corrected chi connectivity index (χ2v) is 5.37. The van der Waals surface area contributed by atoms with Gasteiger partial charge in [-0.2, -0.15) is 0 Å². The SMILES string of the molecule is Cc1ccc(C(=O)COc2ccc(C)cc2Cl)c(C)c1. The van der Waals surface area contributed by atoms with Crippen LogP contribution in [0.5, 0.6) is 5.75 Å². The van der Waals surface area contributed by atoms with Crippen LogP contribution < -0.4 is 4.74 Å². The molecule has 0 N–H and O–H groups in total. The number of hydrogen-bond donors (Lipinski definition) is 0. The van der Waals surface area contributed by atoms with E-state index in [1.807, 2.05) is 51.1 Å². The van der Waals surface area contributed by atoms with E-state index in [4.69, 9.17) is 16.3 Å². The van der Waals surface area contributed by atoms with E-state index in [1.54, 1.807) is 6.07 Å². The molecule has 0 radical (unpaired) electrons. The molecule has 0 fully saturated rings. The fourth-order valence-electron chi connectivity index (χ4n) is 2.07. The lowest BCUT2D eigenvalue weighted by Gasteiger charge is -2.09. The van der Waals surface area contributed by atoms with E-state index in [0.717, 1.165) is 16.7 Å². The molecular weight excluding hydrogens is 272 g/mol. The molecule has 0 aromatic heterocycles. The number of ether oxygens (including phenoxy) is 1. The van der Waals surface area contributed by atoms with Crippen molar-refractivity contribution in [2.45, 2.75) is 20.8 Å². The molecule has 0 atom stereocenters. The molecule has 0 unspecified atom stereocenters. The van der Waals surface area contributed by atoms with Crippen molar-refractivity contribution < 1.29 is 9.53 Å². The maximum Gasteiger partial charge on any atom is 0.200 e. The molecule has 0 aliphatic carbocycles. The number of rotatable bonds is 4. The predicted molar refractivity (Wildman–Crippen MR) is 81.9 cm³/mol. The Balaban J connectivity index is 2.08. The lowest BCUT2D eigenvalue weighted by molar-refractivity contribution is 0.0921. The molecule has 0 aliphatic heterocycles. The lowest BCUT2D eigenvalue weighted by atomic mass is 10.0. The number of benzene rings is 2. The highest BCUT2D eigenvalue weighted by Gasteiger charge is 2.11. The monoisotopic (exact) mass is 288 g/mol. The summed E-state index contributed by atoms with van der Waals surface area (Å²) in [5, 5.41) is 0.526. The van der Waals surface area contributed by atoms with Gasteiger partial charge in [-0.3, -0.25) is 4.79 Å². The van der Waals surface area contributed by atoms with Crippen LogP contribution in [0.25, 0.3) is 0 Å². The number of ketones is 1. The summed E-state index contributed by atoms with van der Waals surface area (Å²) in [5.74, 6) is 0.495. The third-order valence-corrected chi connectivity index (χ3v) is 3.42. The van der Waals surface area contributed by atoms with Crippen molar-refractivity contribution >= 4 is 17.4 Å². The summed E-state index contributed by atoms with van der Waals surface area (Å²) in [7, 11) is 0. The van der Waals surface area contributed by atoms with Crippen LogP contribution in [0.15, 0.2) is 36.4 Å². The molecule has 2 rings (SSSR count). The normalized spacial score (nSPS) is 10.4. The first-order valence-corrected chi connectivity index (χ1v) is 6.84. The van der Waals surface area contributed by atoms with E-state index in [-0.39, 0.29) is 12.4 Å². The minimum Gasteiger partial charge on any atom is -0.484 e. The van der Waals surface area contributed by atoms with Gasteiger partial charge in [0.05, 0.1) is 5.02 Å². The predicted octanol–water partition coefficient (Wildman–Crippen LogP) is 4.53. The molecule has 0 heterocycles. The van der Waals surface area contributed by atoms with Crippen LogP contribution in [0.4, 0.5) is 0 Å². The van der Waals surface area contributed by atoms with Crippen LogP contribution in [0.2, 0.25) is 5.02 Å². The van der Waals surface area contributed by atoms with Gasteiger partial charge in [-0.15, -0.1) is 0 Å². The number of Topliss-reactive ketones (excluding diaryl/α,β-unsaturated/α-hetero) is 1. The lowest BCUT2D eigenvalue weighted by Crippen LogP contribution is -2.13. The maximum atomic E-state index is 12.2. The first-order chi connectivity index (χ1) is 9.47. The van der Waals surface area contributed by atoms with E-state index in [0.29, 0.717) is 16.3 Å². The van der Waals surface area contributed by atoms with Crippen LogP contribution in [0, 0.1) is 20.8 Å². The van der Waals surface area contributed by atoms with Gasteiger partial charge in [0.1, 0.15) is 5.75 Å². The zero-order valence-corrected chi connectivity index (χ0v) is 12.6. The third kappa shape index (κ3) is 3.40. The van der Waals surface area contributed by atoms with Crippen molar-refractivity contribution in [2.75, 3.05) is 6.61 Å². The van der Waals surface area contributed by atoms with Crippen molar-refractivity contribution in [3.63, 3.8) is 0 Å². The summed E-state index contributed by atoms with van der Waals surface area (Å²) < 4.78 is 5.51. The molecular formula is C17H17ClO2. The molecule has 0 saturated heterocycles. The van der Waals surface area contributed by atoms with Gasteiger partial charge in [0, 0.05) is 5.56 Å². The minimum absolute atomic E-state index is 0.00726. The number of carbonyl (C=O) groups excluding carboxylic acids is 1. The molecule has 0 saturated carbocycles. The van der Waals surface area contributed by atoms with Crippen LogP contribution in [0.3, 0.4) is 0 Å². The Morgan fingerprint density at radius 2 is 1.70 bits per heavy atom. The average Bonchev–Trinajstić information content (AvgIpc) is 2.37. The fourth-order valence-corrected chi connectivity index (χ4v) is 2.36. The molecule has 0 spiro atoms. The van der Waals surface area contributed by atoms with E-state index in [9.17, 15) is 4.79 Å². The van der Waals surface area contributed by atoms with Crippen LogP contribution in [-0.2, 0) is 0 Å². The minimum atomic E-state index is -0.0425. The summed E-state index contributed by atoms with van der Waals surface area (Å²) >= 11 is 6.07. The Labute approximate surface area is 124 Å². The van der Waals surface area contributed by atoms with Crippen molar-refractivity contribution in [2.24, 2.45) is 0 Å². The molecule has 20 heavy (non-hydrogen) atoms. The van der Waals surface area contributed by atoms with Gasteiger partial charge in [-0.25, -0.2) is 0 Å². The molecule has 0 aliphatic rings. The molecule has 2 aromatic carbocycles. The van der Waals surface area contributed by atoms with Gasteiger partial charge < -0.3 is 4.74 Å². The number of halogens is 1. The second-order valence-electron chi connectivity index (χ2n) is 4.96. The fraction of sp³-hybridized carbons (Fsp3) is 0.235. The second kappa shape index (κ2) is 6.10. The smallest absolute Gasteiger partial charge is 0.200 e. The molecule has 104 valence electrons. The molecule has 3 heteroatoms. The quantitative estimate of drug-likeness (QED) is 0.773. The molecule has 0 bridgehead atoms. The molecule has 0 amide bonds. The van der Waals surface area contributed by atoms with Gasteiger partial charge in [-0.1, -0.05) is 41.4 Å². The zero-order valence-electron chi connectivity index (χ0n) is 11.9. The summed E-state index contributed by atoms with van der Waals surface area (Å²) in [6.07, 6.45) is 0. The first-order valence-electron chi connectivity index (χ1n) is 6.47. The summed E-state index contributed by atoms with van der Waals surface area (Å²) in [4.78, 5) is 12.2. The van der Waals surface area contributed by atoms with Gasteiger partial charge >= 0.3 is 0 Å². The Morgan fingerprint density at radius 3 is 2.35 bits per heavy atom. The highest BCUT2D eigenvalue weighted by atomic mass is 35.5. The number of carbonyl (C=O) groups is 1. The standard InChI is InChI=1S/C17H17ClO2/c1-11-4-6-14(13(3)8-11)16(19)10-20-17-7-5-12(2)9-15(17)18/h4-9H,10H2,1-3H3. The highest BCUT2D eigenvalue weighted by molar-refractivity contribution is 6.32. The van der Waals surface area contributed by atoms with Crippen molar-refractivity contribution in [1.29, 1.82) is 0 Å². The van der Waals surface area contributed by atoms with Crippen molar-refractivity contribution in [3.05, 3.63) is 63.7 Å². The number of aryl methyl sites for hydroxylation is 3. The van der Waals surface area contributed by atoms with Crippen LogP contribution in [0.1, 0.15) is 27.0 Å². The van der Waals surface area contributed by atoms with Crippen LogP contribution in [-0.4, -0.2) is 12.4 Å². The Morgan fingerprint density at radius 1 is 1.05 bits per heavy atom. The first kappa shape index (κ1) is 14.6. The van der Waals surface area contributed by atoms with E-state index in [2.05, 4.69) is 0 Å². The Hall–Kier alpha value is -1.80. The Kier molecular flexibility index (Phi) is 4.46. The summed E-state index contributed by atoms with van der Waals surface area (Å²) in [6, 6.07) is 11.3. The van der Waals surface area contributed by atoms with Crippen molar-refractivity contribution in [3.8, 4) is 5.75 Å². The van der Waals surface area contributed by atoms with E-state index >= 15 is 0 Å². The largest absolute Gasteiger partial charge is 0.484 e. The average molecular weight is 289 g/mol. The number of hydrogen-bond acceptors (Lipinski definition) is 2. The van der Waals surface area contributed by atoms with Crippen molar-refractivity contribution in [1.82, 2.24) is 0 Å². The van der Waals surface area contributed by atoms with E-state index < -0.39 is 0 Å². The van der Waals surface area contributed by atoms with Gasteiger partial charge in [-0.05, 0) is 44.0 Å². The maximum absolute atomic E-state index is 12.2.